The summed E-state index contributed by atoms with van der Waals surface area (Å²) in [7, 11) is 0. The number of amidine groups is 1. The molecule has 0 fully saturated rings. The highest BCUT2D eigenvalue weighted by atomic mass is 32.1. The summed E-state index contributed by atoms with van der Waals surface area (Å²) >= 11 is 1.59. The molecule has 1 aromatic heterocycles. The average Bonchev–Trinajstić information content (AvgIpc) is 2.75. The fourth-order valence-corrected chi connectivity index (χ4v) is 2.14. The standard InChI is InChI=1S/C11H14N2OS/c1-7(2)11(3)10(14)12-9(13-11)8-5-4-6-15-8/h4-7H,1-3H3,(H,12,13,14). The Balaban J connectivity index is 2.36. The van der Waals surface area contributed by atoms with E-state index in [-0.39, 0.29) is 11.8 Å². The molecule has 0 saturated carbocycles. The molecule has 0 spiro atoms. The van der Waals surface area contributed by atoms with Gasteiger partial charge in [0.25, 0.3) is 5.91 Å². The van der Waals surface area contributed by atoms with Gasteiger partial charge in [-0.3, -0.25) is 9.79 Å². The lowest BCUT2D eigenvalue weighted by atomic mass is 9.89. The Labute approximate surface area is 93.2 Å². The number of hydrogen-bond donors (Lipinski definition) is 1. The minimum atomic E-state index is -0.612. The molecule has 15 heavy (non-hydrogen) atoms. The quantitative estimate of drug-likeness (QED) is 0.817. The van der Waals surface area contributed by atoms with E-state index in [1.54, 1.807) is 11.3 Å². The molecule has 80 valence electrons. The topological polar surface area (TPSA) is 41.5 Å². The van der Waals surface area contributed by atoms with Crippen LogP contribution in [-0.4, -0.2) is 17.3 Å². The average molecular weight is 222 g/mol. The molecule has 0 aliphatic carbocycles. The van der Waals surface area contributed by atoms with E-state index in [1.807, 2.05) is 38.3 Å². The van der Waals surface area contributed by atoms with Crippen LogP contribution in [0.25, 0.3) is 0 Å². The third-order valence-electron chi connectivity index (χ3n) is 2.91. The van der Waals surface area contributed by atoms with Crippen molar-refractivity contribution in [2.75, 3.05) is 0 Å². The Kier molecular flexibility index (Phi) is 2.38. The van der Waals surface area contributed by atoms with Crippen LogP contribution in [0.2, 0.25) is 0 Å². The molecule has 1 atom stereocenters. The van der Waals surface area contributed by atoms with Gasteiger partial charge >= 0.3 is 0 Å². The molecule has 2 rings (SSSR count). The van der Waals surface area contributed by atoms with Gasteiger partial charge in [-0.1, -0.05) is 19.9 Å². The van der Waals surface area contributed by atoms with Gasteiger partial charge in [0, 0.05) is 0 Å². The first kappa shape index (κ1) is 10.4. The molecule has 1 aromatic rings. The highest BCUT2D eigenvalue weighted by Gasteiger charge is 2.42. The van der Waals surface area contributed by atoms with Crippen LogP contribution in [0.4, 0.5) is 0 Å². The summed E-state index contributed by atoms with van der Waals surface area (Å²) in [5.74, 6) is 0.919. The fraction of sp³-hybridized carbons (Fsp3) is 0.455. The van der Waals surface area contributed by atoms with Crippen LogP contribution in [0.15, 0.2) is 22.5 Å². The van der Waals surface area contributed by atoms with Crippen molar-refractivity contribution in [2.24, 2.45) is 10.9 Å². The summed E-state index contributed by atoms with van der Waals surface area (Å²) in [6, 6.07) is 3.93. The van der Waals surface area contributed by atoms with E-state index in [1.165, 1.54) is 0 Å². The van der Waals surface area contributed by atoms with E-state index < -0.39 is 5.54 Å². The van der Waals surface area contributed by atoms with Crippen molar-refractivity contribution in [3.63, 3.8) is 0 Å². The molecular formula is C11H14N2OS. The molecule has 0 aromatic carbocycles. The van der Waals surface area contributed by atoms with Crippen LogP contribution >= 0.6 is 11.3 Å². The highest BCUT2D eigenvalue weighted by molar-refractivity contribution is 7.12. The van der Waals surface area contributed by atoms with E-state index in [0.29, 0.717) is 5.84 Å². The maximum atomic E-state index is 11.8. The number of hydrogen-bond acceptors (Lipinski definition) is 3. The summed E-state index contributed by atoms with van der Waals surface area (Å²) in [4.78, 5) is 17.4. The van der Waals surface area contributed by atoms with Gasteiger partial charge in [-0.2, -0.15) is 0 Å². The zero-order chi connectivity index (χ0) is 11.1. The van der Waals surface area contributed by atoms with Gasteiger partial charge in [-0.25, -0.2) is 0 Å². The molecule has 3 nitrogen and oxygen atoms in total. The third kappa shape index (κ3) is 1.59. The second-order valence-corrected chi connectivity index (χ2v) is 5.14. The van der Waals surface area contributed by atoms with Gasteiger partial charge in [0.05, 0.1) is 4.88 Å². The molecule has 2 heterocycles. The lowest BCUT2D eigenvalue weighted by molar-refractivity contribution is -0.124. The Bertz CT molecular complexity index is 408. The molecule has 0 bridgehead atoms. The van der Waals surface area contributed by atoms with Crippen molar-refractivity contribution in [3.05, 3.63) is 22.4 Å². The second-order valence-electron chi connectivity index (χ2n) is 4.19. The molecular weight excluding hydrogens is 208 g/mol. The zero-order valence-corrected chi connectivity index (χ0v) is 9.89. The van der Waals surface area contributed by atoms with E-state index >= 15 is 0 Å². The molecule has 0 saturated heterocycles. The number of nitrogens with zero attached hydrogens (tertiary/aromatic N) is 1. The lowest BCUT2D eigenvalue weighted by Gasteiger charge is -2.21. The van der Waals surface area contributed by atoms with Crippen molar-refractivity contribution in [1.29, 1.82) is 0 Å². The smallest absolute Gasteiger partial charge is 0.253 e. The van der Waals surface area contributed by atoms with Crippen molar-refractivity contribution in [2.45, 2.75) is 26.3 Å². The van der Waals surface area contributed by atoms with Gasteiger partial charge < -0.3 is 5.32 Å². The number of thiophene rings is 1. The molecule has 1 aliphatic heterocycles. The van der Waals surface area contributed by atoms with Gasteiger partial charge in [-0.05, 0) is 24.3 Å². The van der Waals surface area contributed by atoms with E-state index in [4.69, 9.17) is 0 Å². The molecule has 1 amide bonds. The Morgan fingerprint density at radius 1 is 1.53 bits per heavy atom. The molecule has 1 aliphatic rings. The monoisotopic (exact) mass is 222 g/mol. The van der Waals surface area contributed by atoms with Crippen LogP contribution in [0, 0.1) is 5.92 Å². The highest BCUT2D eigenvalue weighted by Crippen LogP contribution is 2.27. The first-order valence-electron chi connectivity index (χ1n) is 4.99. The lowest BCUT2D eigenvalue weighted by Crippen LogP contribution is -2.41. The van der Waals surface area contributed by atoms with Crippen molar-refractivity contribution in [1.82, 2.24) is 5.32 Å². The second kappa shape index (κ2) is 3.45. The van der Waals surface area contributed by atoms with Gasteiger partial charge in [0.2, 0.25) is 0 Å². The molecule has 1 N–H and O–H groups in total. The van der Waals surface area contributed by atoms with Gasteiger partial charge in [-0.15, -0.1) is 11.3 Å². The first-order valence-corrected chi connectivity index (χ1v) is 5.87. The predicted octanol–water partition coefficient (Wildman–Crippen LogP) is 2.04. The number of rotatable bonds is 2. The minimum Gasteiger partial charge on any atom is -0.308 e. The minimum absolute atomic E-state index is 0.000833. The Hall–Kier alpha value is -1.16. The van der Waals surface area contributed by atoms with E-state index in [9.17, 15) is 4.79 Å². The van der Waals surface area contributed by atoms with Gasteiger partial charge in [0.1, 0.15) is 11.4 Å². The summed E-state index contributed by atoms with van der Waals surface area (Å²) in [5, 5.41) is 4.83. The Morgan fingerprint density at radius 3 is 2.73 bits per heavy atom. The van der Waals surface area contributed by atoms with Crippen LogP contribution in [0.1, 0.15) is 25.6 Å². The normalized spacial score (nSPS) is 25.6. The molecule has 0 radical (unpaired) electrons. The van der Waals surface area contributed by atoms with Crippen LogP contribution < -0.4 is 5.32 Å². The largest absolute Gasteiger partial charge is 0.308 e. The molecule has 4 heteroatoms. The fourth-order valence-electron chi connectivity index (χ4n) is 1.47. The number of aliphatic imine (C=N–C) groups is 1. The first-order chi connectivity index (χ1) is 7.04. The van der Waals surface area contributed by atoms with Crippen LogP contribution in [-0.2, 0) is 4.79 Å². The van der Waals surface area contributed by atoms with Crippen molar-refractivity contribution in [3.8, 4) is 0 Å². The number of amides is 1. The summed E-state index contributed by atoms with van der Waals surface area (Å²) in [6.45, 7) is 5.91. The SMILES string of the molecule is CC(C)C1(C)N=C(c2cccs2)NC1=O. The van der Waals surface area contributed by atoms with E-state index in [2.05, 4.69) is 10.3 Å². The van der Waals surface area contributed by atoms with Crippen molar-refractivity contribution < 1.29 is 4.79 Å². The predicted molar refractivity (Wildman–Crippen MR) is 62.2 cm³/mol. The maximum absolute atomic E-state index is 11.8. The van der Waals surface area contributed by atoms with E-state index in [0.717, 1.165) is 4.88 Å². The zero-order valence-electron chi connectivity index (χ0n) is 9.07. The third-order valence-corrected chi connectivity index (χ3v) is 3.79. The maximum Gasteiger partial charge on any atom is 0.253 e. The molecule has 1 unspecified atom stereocenters. The number of nitrogens with one attached hydrogen (secondary N) is 1. The van der Waals surface area contributed by atoms with Gasteiger partial charge in [0.15, 0.2) is 0 Å². The Morgan fingerprint density at radius 2 is 2.27 bits per heavy atom. The number of carbonyl (C=O) groups is 1. The van der Waals surface area contributed by atoms with Crippen molar-refractivity contribution >= 4 is 23.1 Å². The number of carbonyl (C=O) groups excluding carboxylic acids is 1. The van der Waals surface area contributed by atoms with Crippen LogP contribution in [0.3, 0.4) is 0 Å². The van der Waals surface area contributed by atoms with Crippen LogP contribution in [0.5, 0.6) is 0 Å². The summed E-state index contributed by atoms with van der Waals surface area (Å²) < 4.78 is 0. The summed E-state index contributed by atoms with van der Waals surface area (Å²) in [5.41, 5.74) is -0.612. The summed E-state index contributed by atoms with van der Waals surface area (Å²) in [6.07, 6.45) is 0.